The fraction of sp³-hybridized carbons (Fsp3) is 0.300. The molecule has 0 fully saturated rings. The third-order valence-electron chi connectivity index (χ3n) is 2.00. The Balaban J connectivity index is 2.71. The third-order valence-corrected chi connectivity index (χ3v) is 2.00. The maximum absolute atomic E-state index is 10.4. The summed E-state index contributed by atoms with van der Waals surface area (Å²) in [6.07, 6.45) is -1.04. The van der Waals surface area contributed by atoms with Crippen molar-refractivity contribution < 1.29 is 15.0 Å². The SMILES string of the molecule is C[C@@H](NC(=O)O)c1ccc(CO)cc1. The second kappa shape index (κ2) is 4.62. The molecule has 0 heterocycles. The third kappa shape index (κ3) is 2.74. The fourth-order valence-electron chi connectivity index (χ4n) is 1.18. The Morgan fingerprint density at radius 1 is 1.43 bits per heavy atom. The molecule has 0 aliphatic heterocycles. The van der Waals surface area contributed by atoms with Crippen LogP contribution in [-0.4, -0.2) is 16.3 Å². The summed E-state index contributed by atoms with van der Waals surface area (Å²) in [5, 5.41) is 19.6. The minimum absolute atomic E-state index is 0.00101. The van der Waals surface area contributed by atoms with E-state index in [4.69, 9.17) is 10.2 Å². The summed E-state index contributed by atoms with van der Waals surface area (Å²) in [6, 6.07) is 6.91. The van der Waals surface area contributed by atoms with Gasteiger partial charge in [-0.2, -0.15) is 0 Å². The Labute approximate surface area is 82.2 Å². The highest BCUT2D eigenvalue weighted by molar-refractivity contribution is 5.65. The first-order valence-corrected chi connectivity index (χ1v) is 4.32. The van der Waals surface area contributed by atoms with Crippen molar-refractivity contribution in [3.63, 3.8) is 0 Å². The maximum Gasteiger partial charge on any atom is 0.405 e. The van der Waals surface area contributed by atoms with Gasteiger partial charge in [-0.3, -0.25) is 0 Å². The molecule has 0 saturated carbocycles. The number of nitrogens with one attached hydrogen (secondary N) is 1. The van der Waals surface area contributed by atoms with Crippen molar-refractivity contribution in [2.45, 2.75) is 19.6 Å². The maximum atomic E-state index is 10.4. The van der Waals surface area contributed by atoms with Gasteiger partial charge < -0.3 is 15.5 Å². The zero-order valence-corrected chi connectivity index (χ0v) is 7.90. The van der Waals surface area contributed by atoms with Gasteiger partial charge in [-0.1, -0.05) is 24.3 Å². The first-order valence-electron chi connectivity index (χ1n) is 4.32. The van der Waals surface area contributed by atoms with Gasteiger partial charge in [0, 0.05) is 0 Å². The summed E-state index contributed by atoms with van der Waals surface area (Å²) in [5.41, 5.74) is 1.70. The Kier molecular flexibility index (Phi) is 3.48. The molecule has 0 aromatic heterocycles. The van der Waals surface area contributed by atoms with Crippen molar-refractivity contribution in [1.29, 1.82) is 0 Å². The molecule has 76 valence electrons. The van der Waals surface area contributed by atoms with Gasteiger partial charge in [0.15, 0.2) is 0 Å². The van der Waals surface area contributed by atoms with Crippen LogP contribution in [0.25, 0.3) is 0 Å². The number of carbonyl (C=O) groups is 1. The number of carboxylic acid groups (broad SMARTS) is 1. The van der Waals surface area contributed by atoms with Crippen LogP contribution in [0.2, 0.25) is 0 Å². The average molecular weight is 195 g/mol. The van der Waals surface area contributed by atoms with Gasteiger partial charge in [0.05, 0.1) is 12.6 Å². The van der Waals surface area contributed by atoms with Crippen LogP contribution >= 0.6 is 0 Å². The van der Waals surface area contributed by atoms with Crippen LogP contribution in [0, 0.1) is 0 Å². The summed E-state index contributed by atoms with van der Waals surface area (Å²) in [4.78, 5) is 10.4. The normalized spacial score (nSPS) is 12.1. The van der Waals surface area contributed by atoms with Crippen LogP contribution < -0.4 is 5.32 Å². The first-order chi connectivity index (χ1) is 6.63. The Hall–Kier alpha value is -1.55. The van der Waals surface area contributed by atoms with E-state index >= 15 is 0 Å². The topological polar surface area (TPSA) is 69.6 Å². The second-order valence-electron chi connectivity index (χ2n) is 3.07. The lowest BCUT2D eigenvalue weighted by molar-refractivity contribution is 0.191. The fourth-order valence-corrected chi connectivity index (χ4v) is 1.18. The molecule has 0 spiro atoms. The monoisotopic (exact) mass is 195 g/mol. The Bertz CT molecular complexity index is 308. The molecule has 1 rings (SSSR count). The van der Waals surface area contributed by atoms with Crippen LogP contribution in [0.3, 0.4) is 0 Å². The molecule has 14 heavy (non-hydrogen) atoms. The molecule has 0 aliphatic carbocycles. The smallest absolute Gasteiger partial charge is 0.405 e. The summed E-state index contributed by atoms with van der Waals surface area (Å²) in [5.74, 6) is 0. The molecular formula is C10H13NO3. The molecule has 4 heteroatoms. The minimum atomic E-state index is -1.04. The van der Waals surface area contributed by atoms with Gasteiger partial charge in [-0.25, -0.2) is 4.79 Å². The van der Waals surface area contributed by atoms with Crippen LogP contribution in [0.1, 0.15) is 24.1 Å². The van der Waals surface area contributed by atoms with Crippen molar-refractivity contribution in [2.75, 3.05) is 0 Å². The molecule has 4 nitrogen and oxygen atoms in total. The van der Waals surface area contributed by atoms with E-state index in [-0.39, 0.29) is 12.6 Å². The zero-order chi connectivity index (χ0) is 10.6. The number of benzene rings is 1. The molecule has 3 N–H and O–H groups in total. The van der Waals surface area contributed by atoms with Crippen molar-refractivity contribution >= 4 is 6.09 Å². The standard InChI is InChI=1S/C10H13NO3/c1-7(11-10(13)14)9-4-2-8(6-12)3-5-9/h2-5,7,11-12H,6H2,1H3,(H,13,14)/t7-/m1/s1. The summed E-state index contributed by atoms with van der Waals surface area (Å²) in [7, 11) is 0. The van der Waals surface area contributed by atoms with E-state index in [1.165, 1.54) is 0 Å². The van der Waals surface area contributed by atoms with E-state index in [1.54, 1.807) is 31.2 Å². The van der Waals surface area contributed by atoms with E-state index in [2.05, 4.69) is 5.32 Å². The van der Waals surface area contributed by atoms with Crippen LogP contribution in [0.4, 0.5) is 4.79 Å². The molecule has 1 aromatic carbocycles. The molecule has 0 saturated heterocycles. The van der Waals surface area contributed by atoms with Crippen LogP contribution in [0.5, 0.6) is 0 Å². The van der Waals surface area contributed by atoms with Gasteiger partial charge in [0.2, 0.25) is 0 Å². The van der Waals surface area contributed by atoms with Gasteiger partial charge in [0.25, 0.3) is 0 Å². The van der Waals surface area contributed by atoms with Crippen molar-refractivity contribution in [1.82, 2.24) is 5.32 Å². The van der Waals surface area contributed by atoms with Gasteiger partial charge in [-0.15, -0.1) is 0 Å². The van der Waals surface area contributed by atoms with Gasteiger partial charge >= 0.3 is 6.09 Å². The second-order valence-corrected chi connectivity index (χ2v) is 3.07. The number of hydrogen-bond donors (Lipinski definition) is 3. The van der Waals surface area contributed by atoms with Gasteiger partial charge in [0.1, 0.15) is 0 Å². The molecule has 0 aliphatic rings. The highest BCUT2D eigenvalue weighted by Crippen LogP contribution is 2.13. The molecule has 1 amide bonds. The highest BCUT2D eigenvalue weighted by atomic mass is 16.4. The van der Waals surface area contributed by atoms with E-state index in [1.807, 2.05) is 0 Å². The van der Waals surface area contributed by atoms with Gasteiger partial charge in [-0.05, 0) is 18.1 Å². The van der Waals surface area contributed by atoms with E-state index < -0.39 is 6.09 Å². The first kappa shape index (κ1) is 10.5. The molecule has 0 bridgehead atoms. The van der Waals surface area contributed by atoms with Crippen molar-refractivity contribution in [2.24, 2.45) is 0 Å². The van der Waals surface area contributed by atoms with E-state index in [0.29, 0.717) is 0 Å². The highest BCUT2D eigenvalue weighted by Gasteiger charge is 2.06. The van der Waals surface area contributed by atoms with Crippen molar-refractivity contribution in [3.05, 3.63) is 35.4 Å². The van der Waals surface area contributed by atoms with E-state index in [0.717, 1.165) is 11.1 Å². The number of amides is 1. The predicted molar refractivity (Wildman–Crippen MR) is 51.9 cm³/mol. The molecular weight excluding hydrogens is 182 g/mol. The lowest BCUT2D eigenvalue weighted by Gasteiger charge is -2.11. The van der Waals surface area contributed by atoms with Crippen LogP contribution in [-0.2, 0) is 6.61 Å². The summed E-state index contributed by atoms with van der Waals surface area (Å²) < 4.78 is 0. The lowest BCUT2D eigenvalue weighted by Crippen LogP contribution is -2.24. The largest absolute Gasteiger partial charge is 0.465 e. The molecule has 1 aromatic rings. The number of aliphatic hydroxyl groups is 1. The minimum Gasteiger partial charge on any atom is -0.465 e. The Morgan fingerprint density at radius 2 is 2.00 bits per heavy atom. The number of hydrogen-bond acceptors (Lipinski definition) is 2. The van der Waals surface area contributed by atoms with E-state index in [9.17, 15) is 4.79 Å². The van der Waals surface area contributed by atoms with Crippen LogP contribution in [0.15, 0.2) is 24.3 Å². The quantitative estimate of drug-likeness (QED) is 0.684. The summed E-state index contributed by atoms with van der Waals surface area (Å²) in [6.45, 7) is 1.77. The lowest BCUT2D eigenvalue weighted by atomic mass is 10.1. The average Bonchev–Trinajstić information content (AvgIpc) is 2.17. The number of aliphatic hydroxyl groups excluding tert-OH is 1. The molecule has 0 radical (unpaired) electrons. The zero-order valence-electron chi connectivity index (χ0n) is 7.90. The number of rotatable bonds is 3. The Morgan fingerprint density at radius 3 is 2.43 bits per heavy atom. The molecule has 0 unspecified atom stereocenters. The predicted octanol–water partition coefficient (Wildman–Crippen LogP) is 1.51. The molecule has 1 atom stereocenters. The summed E-state index contributed by atoms with van der Waals surface area (Å²) >= 11 is 0. The van der Waals surface area contributed by atoms with Crippen molar-refractivity contribution in [3.8, 4) is 0 Å².